The van der Waals surface area contributed by atoms with E-state index in [-0.39, 0.29) is 49.1 Å². The van der Waals surface area contributed by atoms with Gasteiger partial charge in [0.25, 0.3) is 0 Å². The quantitative estimate of drug-likeness (QED) is 0.231. The molecule has 0 saturated heterocycles. The third kappa shape index (κ3) is 7.91. The predicted octanol–water partition coefficient (Wildman–Crippen LogP) is 7.26. The van der Waals surface area contributed by atoms with E-state index in [0.29, 0.717) is 24.2 Å². The number of carboxylic acid groups (broad SMARTS) is 2. The van der Waals surface area contributed by atoms with Crippen molar-refractivity contribution in [1.82, 2.24) is 0 Å². The van der Waals surface area contributed by atoms with Gasteiger partial charge in [-0.15, -0.1) is 0 Å². The molecule has 2 N–H and O–H groups in total. The Bertz CT molecular complexity index is 1300. The lowest BCUT2D eigenvalue weighted by atomic mass is 9.75. The number of hydrogen-bond donors (Lipinski definition) is 2. The van der Waals surface area contributed by atoms with Gasteiger partial charge in [-0.25, -0.2) is 9.69 Å². The smallest absolute Gasteiger partial charge is 0.310 e. The molecule has 2 saturated carbocycles. The summed E-state index contributed by atoms with van der Waals surface area (Å²) in [7, 11) is 0. The van der Waals surface area contributed by atoms with Crippen molar-refractivity contribution in [3.8, 4) is 0 Å². The van der Waals surface area contributed by atoms with Crippen LogP contribution >= 0.6 is 0 Å². The van der Waals surface area contributed by atoms with Crippen molar-refractivity contribution >= 4 is 34.9 Å². The minimum Gasteiger partial charge on any atom is -0.481 e. The molecule has 2 fully saturated rings. The van der Waals surface area contributed by atoms with Gasteiger partial charge in [0, 0.05) is 25.7 Å². The summed E-state index contributed by atoms with van der Waals surface area (Å²) in [6, 6.07) is 13.9. The molecule has 2 aliphatic rings. The van der Waals surface area contributed by atoms with Crippen LogP contribution < -0.4 is 0 Å². The Kier molecular flexibility index (Phi) is 10.8. The summed E-state index contributed by atoms with van der Waals surface area (Å²) in [4.78, 5) is 54.5. The number of carboxylic acids is 2. The number of nitrogens with zero attached hydrogens (tertiary/aromatic N) is 2. The molecule has 2 aliphatic carbocycles. The average molecular weight is 571 g/mol. The summed E-state index contributed by atoms with van der Waals surface area (Å²) < 4.78 is 0. The van der Waals surface area contributed by atoms with E-state index in [2.05, 4.69) is 9.69 Å². The van der Waals surface area contributed by atoms with Crippen LogP contribution in [0.1, 0.15) is 76.3 Å². The molecule has 0 aromatic heterocycles. The molecule has 2 aromatic rings. The highest BCUT2D eigenvalue weighted by molar-refractivity contribution is 5.89. The first kappa shape index (κ1) is 32.2. The summed E-state index contributed by atoms with van der Waals surface area (Å²) in [6.45, 7) is 17.7. The summed E-state index contributed by atoms with van der Waals surface area (Å²) in [6.07, 6.45) is 5.16. The first-order valence-electron chi connectivity index (χ1n) is 14.5. The number of ketones is 2. The minimum atomic E-state index is -0.894. The van der Waals surface area contributed by atoms with Crippen LogP contribution in [0.15, 0.2) is 48.5 Å². The number of rotatable bonds is 14. The SMILES string of the molecule is [C-]#[N+]c1cccc(CC(=O)C[C@](CC)(C(=O)O)C2CC2)c1.[C-]#[N+]c1cccc(CC(=O)C[C@](CC)(C(=O)O)C2CC2)c1. The molecule has 0 radical (unpaired) electrons. The van der Waals surface area contributed by atoms with E-state index >= 15 is 0 Å². The van der Waals surface area contributed by atoms with Crippen LogP contribution in [-0.4, -0.2) is 33.7 Å². The van der Waals surface area contributed by atoms with E-state index < -0.39 is 22.8 Å². The second-order valence-electron chi connectivity index (χ2n) is 11.5. The maximum Gasteiger partial charge on any atom is 0.310 e. The van der Waals surface area contributed by atoms with Crippen molar-refractivity contribution in [1.29, 1.82) is 0 Å². The van der Waals surface area contributed by atoms with Gasteiger partial charge in [-0.2, -0.15) is 0 Å². The Morgan fingerprint density at radius 3 is 1.33 bits per heavy atom. The number of carbonyl (C=O) groups excluding carboxylic acids is 2. The van der Waals surface area contributed by atoms with Crippen molar-refractivity contribution in [2.24, 2.45) is 22.7 Å². The van der Waals surface area contributed by atoms with Gasteiger partial charge < -0.3 is 10.2 Å². The lowest BCUT2D eigenvalue weighted by molar-refractivity contribution is -0.153. The van der Waals surface area contributed by atoms with E-state index in [9.17, 15) is 29.4 Å². The fourth-order valence-corrected chi connectivity index (χ4v) is 5.95. The first-order chi connectivity index (χ1) is 20.0. The first-order valence-corrected chi connectivity index (χ1v) is 14.5. The Hall–Kier alpha value is -4.30. The lowest BCUT2D eigenvalue weighted by Gasteiger charge is -2.27. The third-order valence-electron chi connectivity index (χ3n) is 8.74. The maximum absolute atomic E-state index is 12.3. The zero-order valence-electron chi connectivity index (χ0n) is 24.3. The summed E-state index contributed by atoms with van der Waals surface area (Å²) in [5.74, 6) is -1.55. The zero-order valence-corrected chi connectivity index (χ0v) is 24.3. The van der Waals surface area contributed by atoms with Crippen LogP contribution in [-0.2, 0) is 32.0 Å². The second kappa shape index (κ2) is 14.0. The molecule has 8 heteroatoms. The van der Waals surface area contributed by atoms with Gasteiger partial charge in [0.15, 0.2) is 11.4 Å². The Labute approximate surface area is 247 Å². The molecule has 8 nitrogen and oxygen atoms in total. The van der Waals surface area contributed by atoms with Gasteiger partial charge in [0.1, 0.15) is 11.6 Å². The summed E-state index contributed by atoms with van der Waals surface area (Å²) in [5, 5.41) is 19.1. The second-order valence-corrected chi connectivity index (χ2v) is 11.5. The van der Waals surface area contributed by atoms with Crippen LogP contribution in [0.3, 0.4) is 0 Å². The van der Waals surface area contributed by atoms with Gasteiger partial charge in [-0.1, -0.05) is 73.5 Å². The Morgan fingerprint density at radius 2 is 1.07 bits per heavy atom. The molecule has 220 valence electrons. The molecule has 0 spiro atoms. The van der Waals surface area contributed by atoms with Gasteiger partial charge >= 0.3 is 11.9 Å². The van der Waals surface area contributed by atoms with Gasteiger partial charge in [-0.05, 0) is 50.4 Å². The van der Waals surface area contributed by atoms with Gasteiger partial charge in [0.2, 0.25) is 0 Å². The third-order valence-corrected chi connectivity index (χ3v) is 8.74. The molecule has 4 rings (SSSR count). The summed E-state index contributed by atoms with van der Waals surface area (Å²) in [5.41, 5.74) is 0.771. The number of carbonyl (C=O) groups is 4. The normalized spacial score (nSPS) is 16.8. The summed E-state index contributed by atoms with van der Waals surface area (Å²) >= 11 is 0. The maximum atomic E-state index is 12.3. The molecular formula is C34H38N2O6. The van der Waals surface area contributed by atoms with Crippen LogP contribution in [0.5, 0.6) is 0 Å². The Morgan fingerprint density at radius 1 is 0.714 bits per heavy atom. The van der Waals surface area contributed by atoms with Crippen LogP contribution in [0.2, 0.25) is 0 Å². The van der Waals surface area contributed by atoms with Gasteiger partial charge in [0.05, 0.1) is 24.0 Å². The van der Waals surface area contributed by atoms with Crippen molar-refractivity contribution in [2.75, 3.05) is 0 Å². The van der Waals surface area contributed by atoms with Crippen LogP contribution in [0, 0.1) is 35.8 Å². The number of hydrogen-bond acceptors (Lipinski definition) is 4. The molecule has 2 atom stereocenters. The van der Waals surface area contributed by atoms with Crippen LogP contribution in [0.25, 0.3) is 9.69 Å². The zero-order chi connectivity index (χ0) is 30.9. The molecule has 0 unspecified atom stereocenters. The molecule has 0 amide bonds. The minimum absolute atomic E-state index is 0.0618. The van der Waals surface area contributed by atoms with Crippen molar-refractivity contribution in [3.63, 3.8) is 0 Å². The number of aliphatic carboxylic acids is 2. The highest BCUT2D eigenvalue weighted by atomic mass is 16.4. The van der Waals surface area contributed by atoms with Crippen molar-refractivity contribution in [3.05, 3.63) is 82.5 Å². The largest absolute Gasteiger partial charge is 0.481 e. The predicted molar refractivity (Wildman–Crippen MR) is 158 cm³/mol. The average Bonchev–Trinajstić information content (AvgIpc) is 3.88. The van der Waals surface area contributed by atoms with E-state index in [1.54, 1.807) is 48.5 Å². The van der Waals surface area contributed by atoms with Crippen LogP contribution in [0.4, 0.5) is 11.4 Å². The topological polar surface area (TPSA) is 117 Å². The highest BCUT2D eigenvalue weighted by Crippen LogP contribution is 2.51. The highest BCUT2D eigenvalue weighted by Gasteiger charge is 2.51. The lowest BCUT2D eigenvalue weighted by Crippen LogP contribution is -2.35. The van der Waals surface area contributed by atoms with E-state index in [4.69, 9.17) is 13.1 Å². The fraction of sp³-hybridized carbons (Fsp3) is 0.471. The number of Topliss-reactive ketones (excluding diaryl/α,β-unsaturated/α-hetero) is 2. The van der Waals surface area contributed by atoms with Crippen molar-refractivity contribution in [2.45, 2.75) is 78.1 Å². The number of benzene rings is 2. The standard InChI is InChI=1S/2C17H19NO3/c2*1-3-17(16(20)21,13-7-8-13)11-15(19)10-12-5-4-6-14(9-12)18-2/h2*4-6,9,13H,3,7-8,10-11H2,1H3,(H,20,21)/t2*17-/m00/s1. The van der Waals surface area contributed by atoms with Gasteiger partial charge in [-0.3, -0.25) is 19.2 Å². The van der Waals surface area contributed by atoms with E-state index in [0.717, 1.165) is 36.8 Å². The van der Waals surface area contributed by atoms with E-state index in [1.807, 2.05) is 13.8 Å². The fourth-order valence-electron chi connectivity index (χ4n) is 5.95. The molecule has 42 heavy (non-hydrogen) atoms. The molecular weight excluding hydrogens is 532 g/mol. The molecule has 2 aromatic carbocycles. The molecule has 0 aliphatic heterocycles. The Balaban J connectivity index is 0.000000230. The van der Waals surface area contributed by atoms with E-state index in [1.165, 1.54) is 0 Å². The van der Waals surface area contributed by atoms with Crippen molar-refractivity contribution < 1.29 is 29.4 Å². The molecule has 0 bridgehead atoms. The monoisotopic (exact) mass is 570 g/mol. The molecule has 0 heterocycles.